The summed E-state index contributed by atoms with van der Waals surface area (Å²) in [6.07, 6.45) is 1.86. The van der Waals surface area contributed by atoms with E-state index in [1.807, 2.05) is 0 Å². The molecule has 2 aromatic heterocycles. The molecule has 3 heterocycles. The van der Waals surface area contributed by atoms with Crippen LogP contribution < -0.4 is 10.9 Å². The number of fused-ring (bicyclic) bond motifs is 3. The normalized spacial score (nSPS) is 15.5. The molecule has 1 fully saturated rings. The van der Waals surface area contributed by atoms with E-state index in [1.165, 1.54) is 6.07 Å². The Morgan fingerprint density at radius 2 is 2.04 bits per heavy atom. The summed E-state index contributed by atoms with van der Waals surface area (Å²) in [5.41, 5.74) is 1.79. The summed E-state index contributed by atoms with van der Waals surface area (Å²) in [5.74, 6) is -0.790. The van der Waals surface area contributed by atoms with Crippen molar-refractivity contribution < 1.29 is 9.90 Å². The van der Waals surface area contributed by atoms with E-state index in [9.17, 15) is 14.7 Å². The van der Waals surface area contributed by atoms with Crippen molar-refractivity contribution in [3.8, 4) is 0 Å². The predicted octanol–water partition coefficient (Wildman–Crippen LogP) is 1.76. The average Bonchev–Trinajstić information content (AvgIpc) is 2.93. The van der Waals surface area contributed by atoms with Gasteiger partial charge in [0, 0.05) is 12.0 Å². The Balaban J connectivity index is 0.00000169. The molecule has 1 aliphatic heterocycles. The van der Waals surface area contributed by atoms with Gasteiger partial charge in [0.15, 0.2) is 0 Å². The van der Waals surface area contributed by atoms with E-state index >= 15 is 0 Å². The number of rotatable bonds is 2. The largest absolute Gasteiger partial charge is 0.478 e. The summed E-state index contributed by atoms with van der Waals surface area (Å²) in [6, 6.07) is 6.54. The molecule has 0 amide bonds. The second kappa shape index (κ2) is 6.26. The van der Waals surface area contributed by atoms with Crippen LogP contribution in [-0.4, -0.2) is 38.8 Å². The molecule has 4 rings (SSSR count). The van der Waals surface area contributed by atoms with E-state index in [1.54, 1.807) is 22.7 Å². The third-order valence-corrected chi connectivity index (χ3v) is 4.45. The van der Waals surface area contributed by atoms with Gasteiger partial charge in [0.2, 0.25) is 0 Å². The molecule has 0 atom stereocenters. The van der Waals surface area contributed by atoms with Crippen LogP contribution in [0.5, 0.6) is 0 Å². The van der Waals surface area contributed by atoms with Crippen LogP contribution in [-0.2, 0) is 0 Å². The summed E-state index contributed by atoms with van der Waals surface area (Å²) in [4.78, 5) is 26.4. The molecule has 3 N–H and O–H groups in total. The van der Waals surface area contributed by atoms with Crippen LogP contribution >= 0.6 is 12.4 Å². The maximum Gasteiger partial charge on any atom is 0.336 e. The molecule has 0 radical (unpaired) electrons. The van der Waals surface area contributed by atoms with Crippen molar-refractivity contribution in [2.45, 2.75) is 18.8 Å². The molecule has 0 bridgehead atoms. The fourth-order valence-electron chi connectivity index (χ4n) is 3.37. The zero-order valence-electron chi connectivity index (χ0n) is 12.8. The summed E-state index contributed by atoms with van der Waals surface area (Å²) in [5, 5.41) is 17.7. The zero-order chi connectivity index (χ0) is 16.0. The minimum atomic E-state index is -1.03. The second-order valence-corrected chi connectivity index (χ2v) is 5.85. The number of H-pyrrole nitrogens is 1. The van der Waals surface area contributed by atoms with Gasteiger partial charge in [-0.2, -0.15) is 5.10 Å². The van der Waals surface area contributed by atoms with Gasteiger partial charge in [-0.1, -0.05) is 6.07 Å². The lowest BCUT2D eigenvalue weighted by molar-refractivity contribution is 0.0699. The van der Waals surface area contributed by atoms with Crippen LogP contribution in [0.1, 0.15) is 34.8 Å². The fraction of sp³-hybridized carbons (Fsp3) is 0.312. The van der Waals surface area contributed by atoms with E-state index in [4.69, 9.17) is 0 Å². The molecule has 3 aromatic rings. The lowest BCUT2D eigenvalue weighted by atomic mass is 9.94. The minimum absolute atomic E-state index is 0. The third kappa shape index (κ3) is 2.55. The highest BCUT2D eigenvalue weighted by atomic mass is 35.5. The maximum absolute atomic E-state index is 12.1. The molecule has 1 aromatic carbocycles. The van der Waals surface area contributed by atoms with Crippen LogP contribution in [0.25, 0.3) is 16.6 Å². The van der Waals surface area contributed by atoms with E-state index < -0.39 is 5.97 Å². The topological polar surface area (TPSA) is 99.5 Å². The number of carbonyl (C=O) groups is 1. The number of piperidine rings is 1. The van der Waals surface area contributed by atoms with Crippen molar-refractivity contribution in [3.05, 3.63) is 45.9 Å². The standard InChI is InChI=1S/C16H16N4O3.ClH/c21-13-8-12(9-4-6-17-7-5-9)20-15(18-13)14-10(16(22)23)2-1-3-11(14)19-20;/h1-3,8-9,17H,4-7H2,(H,18,21)(H,22,23);1H. The lowest BCUT2D eigenvalue weighted by Crippen LogP contribution is -2.28. The number of aromatic amines is 1. The monoisotopic (exact) mass is 348 g/mol. The molecule has 0 aliphatic carbocycles. The van der Waals surface area contributed by atoms with Crippen LogP contribution in [0.2, 0.25) is 0 Å². The smallest absolute Gasteiger partial charge is 0.336 e. The molecule has 7 nitrogen and oxygen atoms in total. The number of aromatic carboxylic acids is 1. The Morgan fingerprint density at radius 1 is 1.29 bits per heavy atom. The molecule has 1 aliphatic rings. The van der Waals surface area contributed by atoms with Gasteiger partial charge >= 0.3 is 5.97 Å². The van der Waals surface area contributed by atoms with Crippen LogP contribution in [0.4, 0.5) is 0 Å². The Morgan fingerprint density at radius 3 is 2.75 bits per heavy atom. The van der Waals surface area contributed by atoms with Gasteiger partial charge in [0.1, 0.15) is 5.65 Å². The lowest BCUT2D eigenvalue weighted by Gasteiger charge is -2.23. The first-order valence-corrected chi connectivity index (χ1v) is 7.64. The molecule has 126 valence electrons. The number of nitrogens with one attached hydrogen (secondary N) is 2. The van der Waals surface area contributed by atoms with Crippen LogP contribution in [0.15, 0.2) is 29.1 Å². The van der Waals surface area contributed by atoms with Gasteiger partial charge in [-0.15, -0.1) is 12.4 Å². The van der Waals surface area contributed by atoms with Crippen molar-refractivity contribution in [2.24, 2.45) is 0 Å². The first-order valence-electron chi connectivity index (χ1n) is 7.64. The van der Waals surface area contributed by atoms with Crippen molar-refractivity contribution in [2.75, 3.05) is 13.1 Å². The number of benzene rings is 1. The molecular formula is C16H17ClN4O3. The quantitative estimate of drug-likeness (QED) is 0.655. The summed E-state index contributed by atoms with van der Waals surface area (Å²) < 4.78 is 1.70. The molecule has 0 unspecified atom stereocenters. The first kappa shape index (κ1) is 16.5. The molecule has 0 spiro atoms. The molecule has 8 heteroatoms. The van der Waals surface area contributed by atoms with E-state index in [0.29, 0.717) is 16.6 Å². The Hall–Kier alpha value is -2.38. The number of hydrogen-bond acceptors (Lipinski definition) is 4. The number of halogens is 1. The Kier molecular flexibility index (Phi) is 4.29. The van der Waals surface area contributed by atoms with Gasteiger partial charge in [-0.3, -0.25) is 4.79 Å². The highest BCUT2D eigenvalue weighted by Gasteiger charge is 2.22. The molecule has 1 saturated heterocycles. The summed E-state index contributed by atoms with van der Waals surface area (Å²) in [6.45, 7) is 1.81. The number of nitrogens with zero attached hydrogens (tertiary/aromatic N) is 2. The number of carboxylic acid groups (broad SMARTS) is 1. The maximum atomic E-state index is 12.1. The summed E-state index contributed by atoms with van der Waals surface area (Å²) in [7, 11) is 0. The van der Waals surface area contributed by atoms with E-state index in [-0.39, 0.29) is 29.4 Å². The van der Waals surface area contributed by atoms with E-state index in [2.05, 4.69) is 15.4 Å². The number of aromatic nitrogens is 3. The zero-order valence-corrected chi connectivity index (χ0v) is 13.6. The number of carboxylic acids is 1. The van der Waals surface area contributed by atoms with Crippen LogP contribution in [0.3, 0.4) is 0 Å². The Bertz CT molecular complexity index is 973. The Labute approximate surface area is 143 Å². The van der Waals surface area contributed by atoms with Crippen molar-refractivity contribution in [3.63, 3.8) is 0 Å². The first-order chi connectivity index (χ1) is 11.1. The van der Waals surface area contributed by atoms with E-state index in [0.717, 1.165) is 31.6 Å². The number of hydrogen-bond donors (Lipinski definition) is 3. The average molecular weight is 349 g/mol. The second-order valence-electron chi connectivity index (χ2n) is 5.85. The molecular weight excluding hydrogens is 332 g/mol. The fourth-order valence-corrected chi connectivity index (χ4v) is 3.37. The van der Waals surface area contributed by atoms with Gasteiger partial charge in [0.05, 0.1) is 22.2 Å². The van der Waals surface area contributed by atoms with Gasteiger partial charge < -0.3 is 15.4 Å². The third-order valence-electron chi connectivity index (χ3n) is 4.45. The molecule has 24 heavy (non-hydrogen) atoms. The predicted molar refractivity (Wildman–Crippen MR) is 92.4 cm³/mol. The molecule has 0 saturated carbocycles. The SMILES string of the molecule is Cl.O=C(O)c1cccc2nn3c(C4CCNCC4)cc(=O)[nH]c3c12. The van der Waals surface area contributed by atoms with Gasteiger partial charge in [-0.25, -0.2) is 9.31 Å². The van der Waals surface area contributed by atoms with Gasteiger partial charge in [0.25, 0.3) is 5.56 Å². The van der Waals surface area contributed by atoms with Crippen molar-refractivity contribution in [1.82, 2.24) is 19.9 Å². The highest BCUT2D eigenvalue weighted by molar-refractivity contribution is 6.08. The van der Waals surface area contributed by atoms with Crippen molar-refractivity contribution in [1.29, 1.82) is 0 Å². The highest BCUT2D eigenvalue weighted by Crippen LogP contribution is 2.28. The van der Waals surface area contributed by atoms with Crippen LogP contribution in [0, 0.1) is 0 Å². The van der Waals surface area contributed by atoms with Gasteiger partial charge in [-0.05, 0) is 38.1 Å². The minimum Gasteiger partial charge on any atom is -0.478 e. The summed E-state index contributed by atoms with van der Waals surface area (Å²) >= 11 is 0. The van der Waals surface area contributed by atoms with Crippen molar-refractivity contribution >= 4 is 34.9 Å².